The van der Waals surface area contributed by atoms with Crippen molar-refractivity contribution >= 4 is 17.7 Å². The van der Waals surface area contributed by atoms with Gasteiger partial charge in [0.2, 0.25) is 0 Å². The summed E-state index contributed by atoms with van der Waals surface area (Å²) in [6.45, 7) is 6.20. The molecule has 1 aliphatic carbocycles. The first kappa shape index (κ1) is 14.8. The SMILES string of the molecule is CCOC(=O)C(C)(CSC(C)CO)NC1CC1. The summed E-state index contributed by atoms with van der Waals surface area (Å²) in [7, 11) is 0. The van der Waals surface area contributed by atoms with Crippen LogP contribution in [-0.2, 0) is 9.53 Å². The summed E-state index contributed by atoms with van der Waals surface area (Å²) in [5, 5.41) is 12.5. The number of carbonyl (C=O) groups excluding carboxylic acids is 1. The molecule has 1 aliphatic rings. The second-order valence-electron chi connectivity index (χ2n) is 4.78. The third-order valence-corrected chi connectivity index (χ3v) is 4.20. The monoisotopic (exact) mass is 261 g/mol. The molecule has 0 aromatic heterocycles. The number of nitrogens with one attached hydrogen (secondary N) is 1. The minimum absolute atomic E-state index is 0.132. The Morgan fingerprint density at radius 1 is 1.65 bits per heavy atom. The maximum Gasteiger partial charge on any atom is 0.326 e. The van der Waals surface area contributed by atoms with Crippen molar-refractivity contribution in [1.29, 1.82) is 0 Å². The zero-order valence-electron chi connectivity index (χ0n) is 10.9. The van der Waals surface area contributed by atoms with Crippen LogP contribution in [0.15, 0.2) is 0 Å². The molecule has 17 heavy (non-hydrogen) atoms. The van der Waals surface area contributed by atoms with E-state index in [0.717, 1.165) is 12.8 Å². The number of esters is 1. The van der Waals surface area contributed by atoms with Crippen molar-refractivity contribution in [3.8, 4) is 0 Å². The van der Waals surface area contributed by atoms with E-state index in [2.05, 4.69) is 5.32 Å². The van der Waals surface area contributed by atoms with E-state index in [0.29, 0.717) is 18.4 Å². The highest BCUT2D eigenvalue weighted by molar-refractivity contribution is 8.00. The van der Waals surface area contributed by atoms with Gasteiger partial charge in [0, 0.05) is 17.0 Å². The first-order valence-electron chi connectivity index (χ1n) is 6.19. The first-order chi connectivity index (χ1) is 8.01. The van der Waals surface area contributed by atoms with Crippen LogP contribution in [0.25, 0.3) is 0 Å². The quantitative estimate of drug-likeness (QED) is 0.642. The number of thioether (sulfide) groups is 1. The fraction of sp³-hybridized carbons (Fsp3) is 0.917. The van der Waals surface area contributed by atoms with Gasteiger partial charge in [-0.25, -0.2) is 0 Å². The van der Waals surface area contributed by atoms with Crippen molar-refractivity contribution in [2.45, 2.75) is 50.4 Å². The second kappa shape index (κ2) is 6.61. The Morgan fingerprint density at radius 3 is 2.76 bits per heavy atom. The molecule has 0 aliphatic heterocycles. The van der Waals surface area contributed by atoms with E-state index in [4.69, 9.17) is 9.84 Å². The van der Waals surface area contributed by atoms with E-state index in [1.165, 1.54) is 0 Å². The van der Waals surface area contributed by atoms with Gasteiger partial charge in [-0.3, -0.25) is 10.1 Å². The predicted octanol–water partition coefficient (Wildman–Crippen LogP) is 1.17. The van der Waals surface area contributed by atoms with Crippen LogP contribution in [0.3, 0.4) is 0 Å². The average Bonchev–Trinajstić information content (AvgIpc) is 3.10. The van der Waals surface area contributed by atoms with E-state index >= 15 is 0 Å². The number of aliphatic hydroxyl groups is 1. The largest absolute Gasteiger partial charge is 0.465 e. The lowest BCUT2D eigenvalue weighted by Crippen LogP contribution is -2.53. The average molecular weight is 261 g/mol. The minimum atomic E-state index is -0.634. The zero-order chi connectivity index (χ0) is 12.9. The summed E-state index contributed by atoms with van der Waals surface area (Å²) in [6, 6.07) is 0.453. The summed E-state index contributed by atoms with van der Waals surface area (Å²) in [5.41, 5.74) is -0.634. The fourth-order valence-electron chi connectivity index (χ4n) is 1.49. The molecule has 1 rings (SSSR count). The molecule has 0 radical (unpaired) electrons. The number of ether oxygens (including phenoxy) is 1. The number of aliphatic hydroxyl groups excluding tert-OH is 1. The van der Waals surface area contributed by atoms with E-state index in [-0.39, 0.29) is 17.8 Å². The molecule has 4 nitrogen and oxygen atoms in total. The lowest BCUT2D eigenvalue weighted by atomic mass is 10.1. The second-order valence-corrected chi connectivity index (χ2v) is 6.20. The Hall–Kier alpha value is -0.260. The van der Waals surface area contributed by atoms with Crippen LogP contribution in [0.5, 0.6) is 0 Å². The number of hydrogen-bond acceptors (Lipinski definition) is 5. The molecule has 0 bridgehead atoms. The maximum absolute atomic E-state index is 12.0. The van der Waals surface area contributed by atoms with Crippen molar-refractivity contribution in [2.75, 3.05) is 19.0 Å². The topological polar surface area (TPSA) is 58.6 Å². The van der Waals surface area contributed by atoms with Gasteiger partial charge in [0.15, 0.2) is 0 Å². The van der Waals surface area contributed by atoms with Gasteiger partial charge >= 0.3 is 5.97 Å². The van der Waals surface area contributed by atoms with E-state index in [1.54, 1.807) is 11.8 Å². The molecule has 2 atom stereocenters. The minimum Gasteiger partial charge on any atom is -0.465 e. The smallest absolute Gasteiger partial charge is 0.326 e. The summed E-state index contributed by atoms with van der Waals surface area (Å²) in [4.78, 5) is 12.0. The molecular formula is C12H23NO3S. The summed E-state index contributed by atoms with van der Waals surface area (Å²) in [6.07, 6.45) is 2.27. The molecular weight excluding hydrogens is 238 g/mol. The van der Waals surface area contributed by atoms with E-state index in [1.807, 2.05) is 20.8 Å². The Kier molecular flexibility index (Phi) is 5.76. The Labute approximate surface area is 107 Å². The lowest BCUT2D eigenvalue weighted by molar-refractivity contribution is -0.149. The molecule has 0 aromatic carbocycles. The van der Waals surface area contributed by atoms with Gasteiger partial charge in [-0.05, 0) is 26.7 Å². The van der Waals surface area contributed by atoms with Crippen molar-refractivity contribution in [2.24, 2.45) is 0 Å². The van der Waals surface area contributed by atoms with Gasteiger partial charge in [0.1, 0.15) is 5.54 Å². The standard InChI is InChI=1S/C12H23NO3S/c1-4-16-11(15)12(3,13-10-5-6-10)8-17-9(2)7-14/h9-10,13-14H,4-8H2,1-3H3. The molecule has 1 fully saturated rings. The van der Waals surface area contributed by atoms with Crippen molar-refractivity contribution in [1.82, 2.24) is 5.32 Å². The van der Waals surface area contributed by atoms with Crippen LogP contribution >= 0.6 is 11.8 Å². The van der Waals surface area contributed by atoms with Gasteiger partial charge in [-0.1, -0.05) is 6.92 Å². The highest BCUT2D eigenvalue weighted by Gasteiger charge is 2.39. The molecule has 0 amide bonds. The number of rotatable bonds is 8. The highest BCUT2D eigenvalue weighted by Crippen LogP contribution is 2.26. The van der Waals surface area contributed by atoms with Crippen molar-refractivity contribution in [3.05, 3.63) is 0 Å². The Morgan fingerprint density at radius 2 is 2.29 bits per heavy atom. The summed E-state index contributed by atoms with van der Waals surface area (Å²) >= 11 is 1.59. The first-order valence-corrected chi connectivity index (χ1v) is 7.24. The molecule has 0 saturated heterocycles. The third-order valence-electron chi connectivity index (χ3n) is 2.74. The van der Waals surface area contributed by atoms with Gasteiger partial charge in [-0.2, -0.15) is 11.8 Å². The molecule has 0 heterocycles. The molecule has 1 saturated carbocycles. The fourth-order valence-corrected chi connectivity index (χ4v) is 2.41. The van der Waals surface area contributed by atoms with Gasteiger partial charge in [-0.15, -0.1) is 0 Å². The Bertz CT molecular complexity index is 258. The van der Waals surface area contributed by atoms with Crippen LogP contribution in [-0.4, -0.2) is 46.9 Å². The Balaban J connectivity index is 2.53. The van der Waals surface area contributed by atoms with Gasteiger partial charge < -0.3 is 9.84 Å². The van der Waals surface area contributed by atoms with E-state index in [9.17, 15) is 4.79 Å². The number of hydrogen-bond donors (Lipinski definition) is 2. The van der Waals surface area contributed by atoms with Crippen LogP contribution in [0.4, 0.5) is 0 Å². The molecule has 0 spiro atoms. The van der Waals surface area contributed by atoms with Crippen LogP contribution < -0.4 is 5.32 Å². The van der Waals surface area contributed by atoms with Crippen molar-refractivity contribution in [3.63, 3.8) is 0 Å². The normalized spacial score (nSPS) is 20.7. The van der Waals surface area contributed by atoms with Gasteiger partial charge in [0.05, 0.1) is 13.2 Å². The van der Waals surface area contributed by atoms with Crippen LogP contribution in [0.1, 0.15) is 33.6 Å². The predicted molar refractivity (Wildman–Crippen MR) is 70.2 cm³/mol. The summed E-state index contributed by atoms with van der Waals surface area (Å²) < 4.78 is 5.12. The summed E-state index contributed by atoms with van der Waals surface area (Å²) in [5.74, 6) is 0.439. The third kappa shape index (κ3) is 4.85. The van der Waals surface area contributed by atoms with E-state index < -0.39 is 5.54 Å². The lowest BCUT2D eigenvalue weighted by Gasteiger charge is -2.29. The molecule has 0 aromatic rings. The maximum atomic E-state index is 12.0. The molecule has 2 unspecified atom stereocenters. The zero-order valence-corrected chi connectivity index (χ0v) is 11.7. The number of carbonyl (C=O) groups is 1. The van der Waals surface area contributed by atoms with Crippen LogP contribution in [0.2, 0.25) is 0 Å². The van der Waals surface area contributed by atoms with Crippen molar-refractivity contribution < 1.29 is 14.6 Å². The van der Waals surface area contributed by atoms with Crippen LogP contribution in [0, 0.1) is 0 Å². The highest BCUT2D eigenvalue weighted by atomic mass is 32.2. The molecule has 5 heteroatoms. The molecule has 2 N–H and O–H groups in total. The van der Waals surface area contributed by atoms with Gasteiger partial charge in [0.25, 0.3) is 0 Å². The molecule has 100 valence electrons.